The van der Waals surface area contributed by atoms with Gasteiger partial charge in [-0.3, -0.25) is 10.2 Å². The molecule has 3 nitrogen and oxygen atoms in total. The summed E-state index contributed by atoms with van der Waals surface area (Å²) in [5.41, 5.74) is 0. The van der Waals surface area contributed by atoms with Crippen molar-refractivity contribution in [1.29, 1.82) is 5.41 Å². The molecule has 0 aliphatic carbocycles. The molecule has 5 heavy (non-hydrogen) atoms. The Morgan fingerprint density at radius 1 is 1.80 bits per heavy atom. The molecule has 0 fully saturated rings. The number of hydrogen-bond donors (Lipinski definition) is 1. The molecule has 0 amide bonds. The van der Waals surface area contributed by atoms with E-state index in [2.05, 4.69) is 4.74 Å². The molecule has 28 valence electrons. The van der Waals surface area contributed by atoms with Gasteiger partial charge in [0.2, 0.25) is 0 Å². The van der Waals surface area contributed by atoms with Gasteiger partial charge in [-0.15, -0.1) is 0 Å². The van der Waals surface area contributed by atoms with Gasteiger partial charge in [0.05, 0.1) is 0 Å². The van der Waals surface area contributed by atoms with E-state index in [0.29, 0.717) is 6.40 Å². The van der Waals surface area contributed by atoms with Crippen LogP contribution in [0.15, 0.2) is 0 Å². The van der Waals surface area contributed by atoms with Crippen LogP contribution >= 0.6 is 0 Å². The van der Waals surface area contributed by atoms with Crippen molar-refractivity contribution in [3.05, 3.63) is 0 Å². The maximum Gasteiger partial charge on any atom is 0.299 e. The van der Waals surface area contributed by atoms with Crippen LogP contribution in [-0.4, -0.2) is 12.9 Å². The first-order chi connectivity index (χ1) is 2.41. The van der Waals surface area contributed by atoms with Crippen LogP contribution in [0.1, 0.15) is 0 Å². The van der Waals surface area contributed by atoms with Crippen molar-refractivity contribution < 1.29 is 9.53 Å². The van der Waals surface area contributed by atoms with Crippen LogP contribution in [0, 0.1) is 5.41 Å². The van der Waals surface area contributed by atoms with Gasteiger partial charge in [-0.05, 0) is 0 Å². The summed E-state index contributed by atoms with van der Waals surface area (Å²) in [4.78, 5) is 9.03. The zero-order valence-electron chi connectivity index (χ0n) is 2.47. The van der Waals surface area contributed by atoms with Crippen LogP contribution in [0.25, 0.3) is 0 Å². The van der Waals surface area contributed by atoms with E-state index >= 15 is 0 Å². The minimum atomic E-state index is 0.188. The lowest BCUT2D eigenvalue weighted by molar-refractivity contribution is -0.121. The fraction of sp³-hybridized carbons (Fsp3) is 0. The molecule has 1 N–H and O–H groups in total. The highest BCUT2D eigenvalue weighted by Gasteiger charge is 1.54. The Bertz CT molecular complexity index is 36.9. The second-order valence-electron chi connectivity index (χ2n) is 0.350. The average molecular weight is 73.1 g/mol. The lowest BCUT2D eigenvalue weighted by Crippen LogP contribution is -1.76. The molecule has 0 bridgehead atoms. The molecule has 0 heterocycles. The maximum absolute atomic E-state index is 9.03. The van der Waals surface area contributed by atoms with E-state index in [1.165, 1.54) is 0 Å². The van der Waals surface area contributed by atoms with Crippen molar-refractivity contribution in [3.63, 3.8) is 0 Å². The minimum Gasteiger partial charge on any atom is -0.417 e. The third-order valence-electron chi connectivity index (χ3n) is 0.124. The second-order valence-corrected chi connectivity index (χ2v) is 0.350. The monoisotopic (exact) mass is 73.0 g/mol. The normalized spacial score (nSPS) is 5.60. The van der Waals surface area contributed by atoms with Gasteiger partial charge in [-0.1, -0.05) is 0 Å². The summed E-state index contributed by atoms with van der Waals surface area (Å²) in [5.74, 6) is 0. The Labute approximate surface area is 29.1 Å². The molecule has 0 saturated heterocycles. The first kappa shape index (κ1) is 4.14. The number of rotatable bonds is 2. The molecular formula is C2H3NO2. The van der Waals surface area contributed by atoms with Crippen LogP contribution in [0.2, 0.25) is 0 Å². The number of hydrogen-bond acceptors (Lipinski definition) is 3. The zero-order valence-corrected chi connectivity index (χ0v) is 2.47. The molecule has 0 aromatic rings. The fourth-order valence-corrected chi connectivity index (χ4v) is 0.0278. The average Bonchev–Trinajstić information content (AvgIpc) is 1.41. The number of nitrogens with one attached hydrogen (secondary N) is 1. The van der Waals surface area contributed by atoms with Crippen LogP contribution in [-0.2, 0) is 9.53 Å². The second kappa shape index (κ2) is 3.14. The van der Waals surface area contributed by atoms with Crippen molar-refractivity contribution in [2.75, 3.05) is 0 Å². The highest BCUT2D eigenvalue weighted by molar-refractivity contribution is 5.57. The zero-order chi connectivity index (χ0) is 4.12. The number of carbonyl (C=O) groups excluding carboxylic acids is 1. The Morgan fingerprint density at radius 2 is 2.40 bits per heavy atom. The Kier molecular flexibility index (Phi) is 2.60. The predicted octanol–water partition coefficient (Wildman–Crippen LogP) is -0.234. The highest BCUT2D eigenvalue weighted by Crippen LogP contribution is 1.42. The lowest BCUT2D eigenvalue weighted by atomic mass is 11.4. The Hall–Kier alpha value is -0.860. The molecule has 0 aliphatic rings. The van der Waals surface area contributed by atoms with Crippen LogP contribution < -0.4 is 0 Å². The Balaban J connectivity index is 2.65. The molecule has 0 atom stereocenters. The van der Waals surface area contributed by atoms with Crippen molar-refractivity contribution in [3.8, 4) is 0 Å². The smallest absolute Gasteiger partial charge is 0.299 e. The summed E-state index contributed by atoms with van der Waals surface area (Å²) in [6.07, 6.45) is 0.562. The molecule has 0 aromatic heterocycles. The minimum absolute atomic E-state index is 0.188. The van der Waals surface area contributed by atoms with Gasteiger partial charge in [0.25, 0.3) is 6.47 Å². The molecule has 0 aliphatic heterocycles. The largest absolute Gasteiger partial charge is 0.417 e. The van der Waals surface area contributed by atoms with Gasteiger partial charge < -0.3 is 4.74 Å². The first-order valence-corrected chi connectivity index (χ1v) is 0.996. The number of ether oxygens (including phenoxy) is 1. The molecule has 0 radical (unpaired) electrons. The van der Waals surface area contributed by atoms with E-state index in [-0.39, 0.29) is 6.47 Å². The molecule has 0 spiro atoms. The van der Waals surface area contributed by atoms with Gasteiger partial charge in [0.15, 0.2) is 6.40 Å². The topological polar surface area (TPSA) is 50.1 Å². The molecule has 0 unspecified atom stereocenters. The fourth-order valence-electron chi connectivity index (χ4n) is 0.0278. The summed E-state index contributed by atoms with van der Waals surface area (Å²) < 4.78 is 3.69. The third kappa shape index (κ3) is 3.14. The summed E-state index contributed by atoms with van der Waals surface area (Å²) in [5, 5.41) is 6.02. The van der Waals surface area contributed by atoms with E-state index in [1.807, 2.05) is 0 Å². The van der Waals surface area contributed by atoms with Crippen molar-refractivity contribution in [2.24, 2.45) is 0 Å². The summed E-state index contributed by atoms with van der Waals surface area (Å²) in [6.45, 7) is 0.188. The third-order valence-corrected chi connectivity index (χ3v) is 0.124. The molecule has 0 saturated carbocycles. The molecular weight excluding hydrogens is 70.0 g/mol. The molecule has 0 aromatic carbocycles. The Morgan fingerprint density at radius 3 is 2.40 bits per heavy atom. The SMILES string of the molecule is N=COC=O. The van der Waals surface area contributed by atoms with E-state index in [1.54, 1.807) is 0 Å². The van der Waals surface area contributed by atoms with Gasteiger partial charge in [-0.25, -0.2) is 0 Å². The van der Waals surface area contributed by atoms with Crippen molar-refractivity contribution in [2.45, 2.75) is 0 Å². The summed E-state index contributed by atoms with van der Waals surface area (Å²) >= 11 is 0. The first-order valence-electron chi connectivity index (χ1n) is 0.996. The van der Waals surface area contributed by atoms with Crippen molar-refractivity contribution in [1.82, 2.24) is 0 Å². The van der Waals surface area contributed by atoms with Crippen molar-refractivity contribution >= 4 is 12.9 Å². The standard InChI is InChI=1S/C2H3NO2/c3-1-5-2-4/h1-3H. The van der Waals surface area contributed by atoms with E-state index < -0.39 is 0 Å². The maximum atomic E-state index is 9.03. The van der Waals surface area contributed by atoms with E-state index in [4.69, 9.17) is 10.2 Å². The lowest BCUT2D eigenvalue weighted by Gasteiger charge is -1.69. The van der Waals surface area contributed by atoms with Gasteiger partial charge >= 0.3 is 0 Å². The molecule has 0 rings (SSSR count). The van der Waals surface area contributed by atoms with Crippen LogP contribution in [0.5, 0.6) is 0 Å². The highest BCUT2D eigenvalue weighted by atomic mass is 16.5. The van der Waals surface area contributed by atoms with Crippen LogP contribution in [0.3, 0.4) is 0 Å². The molecule has 3 heteroatoms. The van der Waals surface area contributed by atoms with Gasteiger partial charge in [0.1, 0.15) is 0 Å². The quantitative estimate of drug-likeness (QED) is 0.279. The predicted molar refractivity (Wildman–Crippen MR) is 15.9 cm³/mol. The van der Waals surface area contributed by atoms with E-state index in [0.717, 1.165) is 0 Å². The summed E-state index contributed by atoms with van der Waals surface area (Å²) in [6, 6.07) is 0. The van der Waals surface area contributed by atoms with Gasteiger partial charge in [0, 0.05) is 0 Å². The summed E-state index contributed by atoms with van der Waals surface area (Å²) in [7, 11) is 0. The van der Waals surface area contributed by atoms with E-state index in [9.17, 15) is 0 Å². The van der Waals surface area contributed by atoms with Gasteiger partial charge in [-0.2, -0.15) is 0 Å². The number of carbonyl (C=O) groups is 1. The van der Waals surface area contributed by atoms with Crippen LogP contribution in [0.4, 0.5) is 0 Å².